The zero-order valence-corrected chi connectivity index (χ0v) is 16.8. The van der Waals surface area contributed by atoms with Crippen LogP contribution < -0.4 is 20.7 Å². The Balaban J connectivity index is 1.48. The minimum Gasteiger partial charge on any atom is -0.388 e. The second-order valence-electron chi connectivity index (χ2n) is 5.85. The Labute approximate surface area is 173 Å². The molecule has 0 aliphatic rings. The molecule has 6 nitrogen and oxygen atoms in total. The third-order valence-corrected chi connectivity index (χ3v) is 5.16. The van der Waals surface area contributed by atoms with Crippen molar-refractivity contribution in [3.8, 4) is 0 Å². The van der Waals surface area contributed by atoms with Gasteiger partial charge in [-0.25, -0.2) is 4.79 Å². The zero-order chi connectivity index (χ0) is 19.8. The Bertz CT molecular complexity index is 922. The Morgan fingerprint density at radius 3 is 2.50 bits per heavy atom. The summed E-state index contributed by atoms with van der Waals surface area (Å²) < 4.78 is 3.24. The number of urea groups is 1. The van der Waals surface area contributed by atoms with Crippen LogP contribution in [-0.4, -0.2) is 18.1 Å². The molecule has 0 unspecified atom stereocenters. The fourth-order valence-electron chi connectivity index (χ4n) is 2.33. The van der Waals surface area contributed by atoms with Gasteiger partial charge in [0.15, 0.2) is 0 Å². The third kappa shape index (κ3) is 5.80. The predicted molar refractivity (Wildman–Crippen MR) is 117 cm³/mol. The van der Waals surface area contributed by atoms with E-state index in [2.05, 4.69) is 25.7 Å². The Morgan fingerprint density at radius 2 is 1.82 bits per heavy atom. The summed E-state index contributed by atoms with van der Waals surface area (Å²) >= 11 is 7.70. The molecule has 2 amide bonds. The topological polar surface area (TPSA) is 78.1 Å². The van der Waals surface area contributed by atoms with Crippen molar-refractivity contribution in [3.05, 3.63) is 77.6 Å². The van der Waals surface area contributed by atoms with E-state index in [0.29, 0.717) is 17.3 Å². The first-order valence-corrected chi connectivity index (χ1v) is 9.77. The first-order chi connectivity index (χ1) is 13.6. The fraction of sp³-hybridized carbons (Fsp3) is 0.100. The normalized spacial score (nSPS) is 10.2. The highest BCUT2D eigenvalue weighted by Crippen LogP contribution is 2.30. The second kappa shape index (κ2) is 9.87. The second-order valence-corrected chi connectivity index (χ2v) is 7.10. The number of benzene rings is 2. The van der Waals surface area contributed by atoms with Gasteiger partial charge in [0.2, 0.25) is 0 Å². The zero-order valence-electron chi connectivity index (χ0n) is 15.2. The summed E-state index contributed by atoms with van der Waals surface area (Å²) in [6.07, 6.45) is 3.42. The maximum Gasteiger partial charge on any atom is 0.319 e. The highest BCUT2D eigenvalue weighted by Gasteiger charge is 2.04. The maximum absolute atomic E-state index is 12.0. The Hall–Kier alpha value is -2.90. The molecule has 0 spiro atoms. The van der Waals surface area contributed by atoms with E-state index in [-0.39, 0.29) is 6.03 Å². The number of amides is 2. The molecule has 0 atom stereocenters. The standard InChI is InChI=1S/C20H20ClN5OS/c1-22-17-8-9-19(18(21)11-17)28-26-16-6-4-15(5-7-16)25-20(27)24-13-14-3-2-10-23-12-14/h2-12,22,26H,13H2,1H3,(H2,24,25,27). The molecular formula is C20H20ClN5OS. The van der Waals surface area contributed by atoms with Gasteiger partial charge in [-0.3, -0.25) is 4.98 Å². The van der Waals surface area contributed by atoms with Crippen molar-refractivity contribution in [2.75, 3.05) is 22.4 Å². The van der Waals surface area contributed by atoms with Crippen LogP contribution in [0, 0.1) is 0 Å². The summed E-state index contributed by atoms with van der Waals surface area (Å²) in [5.74, 6) is 0. The van der Waals surface area contributed by atoms with Crippen LogP contribution in [0.2, 0.25) is 5.02 Å². The quantitative estimate of drug-likeness (QED) is 0.399. The van der Waals surface area contributed by atoms with E-state index in [0.717, 1.165) is 21.8 Å². The van der Waals surface area contributed by atoms with Crippen LogP contribution in [0.1, 0.15) is 5.56 Å². The molecule has 1 heterocycles. The fourth-order valence-corrected chi connectivity index (χ4v) is 3.29. The molecule has 0 aliphatic carbocycles. The van der Waals surface area contributed by atoms with Crippen molar-refractivity contribution < 1.29 is 4.79 Å². The van der Waals surface area contributed by atoms with Crippen molar-refractivity contribution in [1.29, 1.82) is 0 Å². The van der Waals surface area contributed by atoms with Crippen molar-refractivity contribution in [3.63, 3.8) is 0 Å². The monoisotopic (exact) mass is 413 g/mol. The number of carbonyl (C=O) groups is 1. The number of pyridine rings is 1. The van der Waals surface area contributed by atoms with E-state index in [9.17, 15) is 4.79 Å². The summed E-state index contributed by atoms with van der Waals surface area (Å²) in [7, 11) is 1.85. The molecule has 0 fully saturated rings. The maximum atomic E-state index is 12.0. The predicted octanol–water partition coefficient (Wildman–Crippen LogP) is 5.22. The molecule has 144 valence electrons. The van der Waals surface area contributed by atoms with Crippen molar-refractivity contribution in [2.45, 2.75) is 11.4 Å². The molecule has 3 aromatic rings. The van der Waals surface area contributed by atoms with Crippen LogP contribution in [0.3, 0.4) is 0 Å². The van der Waals surface area contributed by atoms with Crippen LogP contribution in [0.25, 0.3) is 0 Å². The highest BCUT2D eigenvalue weighted by atomic mass is 35.5. The minimum absolute atomic E-state index is 0.268. The summed E-state index contributed by atoms with van der Waals surface area (Å²) in [5.41, 5.74) is 3.51. The largest absolute Gasteiger partial charge is 0.388 e. The van der Waals surface area contributed by atoms with Crippen molar-refractivity contribution in [1.82, 2.24) is 10.3 Å². The van der Waals surface area contributed by atoms with Crippen LogP contribution >= 0.6 is 23.5 Å². The van der Waals surface area contributed by atoms with E-state index in [1.807, 2.05) is 61.6 Å². The first-order valence-electron chi connectivity index (χ1n) is 8.58. The van der Waals surface area contributed by atoms with Gasteiger partial charge in [0, 0.05) is 47.9 Å². The van der Waals surface area contributed by atoms with Gasteiger partial charge in [0.05, 0.1) is 5.02 Å². The molecule has 2 aromatic carbocycles. The van der Waals surface area contributed by atoms with Gasteiger partial charge in [0.25, 0.3) is 0 Å². The van der Waals surface area contributed by atoms with Gasteiger partial charge in [-0.2, -0.15) is 0 Å². The van der Waals surface area contributed by atoms with Crippen LogP contribution in [-0.2, 0) is 6.54 Å². The highest BCUT2D eigenvalue weighted by molar-refractivity contribution is 8.00. The molecule has 0 saturated heterocycles. The Kier molecular flexibility index (Phi) is 7.00. The number of halogens is 1. The summed E-state index contributed by atoms with van der Waals surface area (Å²) in [6.45, 7) is 0.420. The average Bonchev–Trinajstić information content (AvgIpc) is 2.73. The molecule has 0 aliphatic heterocycles. The number of hydrogen-bond acceptors (Lipinski definition) is 5. The molecule has 0 radical (unpaired) electrons. The van der Waals surface area contributed by atoms with E-state index in [1.165, 1.54) is 11.9 Å². The summed E-state index contributed by atoms with van der Waals surface area (Å²) in [4.78, 5) is 16.9. The number of carbonyl (C=O) groups excluding carboxylic acids is 1. The van der Waals surface area contributed by atoms with Gasteiger partial charge in [-0.05, 0) is 66.0 Å². The number of nitrogens with zero attached hydrogens (tertiary/aromatic N) is 1. The van der Waals surface area contributed by atoms with Gasteiger partial charge in [-0.15, -0.1) is 0 Å². The molecule has 28 heavy (non-hydrogen) atoms. The van der Waals surface area contributed by atoms with Gasteiger partial charge in [0.1, 0.15) is 0 Å². The summed E-state index contributed by atoms with van der Waals surface area (Å²) in [6, 6.07) is 16.7. The van der Waals surface area contributed by atoms with E-state index in [1.54, 1.807) is 12.4 Å². The van der Waals surface area contributed by atoms with Crippen LogP contribution in [0.15, 0.2) is 71.9 Å². The molecular weight excluding hydrogens is 394 g/mol. The Morgan fingerprint density at radius 1 is 1.07 bits per heavy atom. The third-order valence-electron chi connectivity index (χ3n) is 3.82. The van der Waals surface area contributed by atoms with E-state index >= 15 is 0 Å². The minimum atomic E-state index is -0.268. The number of nitrogens with one attached hydrogen (secondary N) is 4. The molecule has 0 saturated carbocycles. The molecule has 4 N–H and O–H groups in total. The number of rotatable bonds is 7. The number of anilines is 3. The number of aromatic nitrogens is 1. The first kappa shape index (κ1) is 19.9. The summed E-state index contributed by atoms with van der Waals surface area (Å²) in [5, 5.41) is 9.32. The molecule has 8 heteroatoms. The molecule has 3 rings (SSSR count). The average molecular weight is 414 g/mol. The SMILES string of the molecule is CNc1ccc(SNc2ccc(NC(=O)NCc3cccnc3)cc2)c(Cl)c1. The molecule has 0 bridgehead atoms. The number of hydrogen-bond donors (Lipinski definition) is 4. The lowest BCUT2D eigenvalue weighted by atomic mass is 10.3. The van der Waals surface area contributed by atoms with E-state index < -0.39 is 0 Å². The van der Waals surface area contributed by atoms with Gasteiger partial charge < -0.3 is 20.7 Å². The van der Waals surface area contributed by atoms with Gasteiger partial charge >= 0.3 is 6.03 Å². The smallest absolute Gasteiger partial charge is 0.319 e. The van der Waals surface area contributed by atoms with Crippen molar-refractivity contribution in [2.24, 2.45) is 0 Å². The van der Waals surface area contributed by atoms with Crippen molar-refractivity contribution >= 4 is 46.6 Å². The van der Waals surface area contributed by atoms with Crippen LogP contribution in [0.5, 0.6) is 0 Å². The lowest BCUT2D eigenvalue weighted by molar-refractivity contribution is 0.251. The van der Waals surface area contributed by atoms with Crippen LogP contribution in [0.4, 0.5) is 21.9 Å². The van der Waals surface area contributed by atoms with E-state index in [4.69, 9.17) is 11.6 Å². The lowest BCUT2D eigenvalue weighted by Crippen LogP contribution is -2.28. The lowest BCUT2D eigenvalue weighted by Gasteiger charge is -2.10. The van der Waals surface area contributed by atoms with Gasteiger partial charge in [-0.1, -0.05) is 17.7 Å². The molecule has 1 aromatic heterocycles.